The fraction of sp³-hybridized carbons (Fsp3) is 0.467. The Bertz CT molecular complexity index is 569. The van der Waals surface area contributed by atoms with Crippen molar-refractivity contribution in [1.82, 2.24) is 15.3 Å². The van der Waals surface area contributed by atoms with E-state index in [9.17, 15) is 5.11 Å². The summed E-state index contributed by atoms with van der Waals surface area (Å²) in [7, 11) is 0. The zero-order valence-corrected chi connectivity index (χ0v) is 12.1. The number of hydrogen-bond acceptors (Lipinski definition) is 5. The van der Waals surface area contributed by atoms with Crippen molar-refractivity contribution in [2.75, 3.05) is 12.4 Å². The lowest BCUT2D eigenvalue weighted by molar-refractivity contribution is 0.239. The quantitative estimate of drug-likeness (QED) is 0.604. The molecule has 0 amide bonds. The van der Waals surface area contributed by atoms with E-state index < -0.39 is 0 Å². The van der Waals surface area contributed by atoms with Crippen LogP contribution in [0.2, 0.25) is 0 Å². The Hall–Kier alpha value is -1.17. The molecule has 1 aromatic heterocycles. The number of aliphatic hydroxyl groups is 1. The first kappa shape index (κ1) is 13.8. The highest BCUT2D eigenvalue weighted by Crippen LogP contribution is 2.25. The molecule has 1 aromatic carbocycles. The van der Waals surface area contributed by atoms with Crippen LogP contribution in [0.4, 0.5) is 0 Å². The highest BCUT2D eigenvalue weighted by molar-refractivity contribution is 7.99. The van der Waals surface area contributed by atoms with Gasteiger partial charge < -0.3 is 10.4 Å². The minimum atomic E-state index is 0.210. The van der Waals surface area contributed by atoms with Crippen LogP contribution in [0.25, 0.3) is 10.9 Å². The molecule has 1 heterocycles. The average Bonchev–Trinajstić information content (AvgIpc) is 3.30. The molecule has 2 aromatic rings. The molecular weight excluding hydrogens is 270 g/mol. The van der Waals surface area contributed by atoms with Gasteiger partial charge in [-0.2, -0.15) is 0 Å². The number of fused-ring (bicyclic) bond motifs is 1. The minimum absolute atomic E-state index is 0.210. The maximum Gasteiger partial charge on any atom is 0.117 e. The Kier molecular flexibility index (Phi) is 4.50. The highest BCUT2D eigenvalue weighted by Gasteiger charge is 2.23. The first-order valence-electron chi connectivity index (χ1n) is 7.06. The summed E-state index contributed by atoms with van der Waals surface area (Å²) in [5, 5.41) is 15.0. The van der Waals surface area contributed by atoms with E-state index in [1.807, 2.05) is 18.2 Å². The van der Waals surface area contributed by atoms with Crippen LogP contribution in [-0.2, 0) is 0 Å². The maximum absolute atomic E-state index is 9.37. The van der Waals surface area contributed by atoms with E-state index in [-0.39, 0.29) is 12.6 Å². The summed E-state index contributed by atoms with van der Waals surface area (Å²) < 4.78 is 0. The Labute approximate surface area is 123 Å². The van der Waals surface area contributed by atoms with Gasteiger partial charge in [-0.3, -0.25) is 0 Å². The Morgan fingerprint density at radius 2 is 2.15 bits per heavy atom. The van der Waals surface area contributed by atoms with Gasteiger partial charge in [0.1, 0.15) is 11.4 Å². The van der Waals surface area contributed by atoms with Crippen LogP contribution in [0.1, 0.15) is 19.3 Å². The standard InChI is InChI=1S/C15H19N3OS/c19-9-12(18-11-5-6-11)7-8-20-15-13-3-1-2-4-14(13)16-10-17-15/h1-4,10-12,18-19H,5-9H2. The number of para-hydroxylation sites is 1. The molecule has 0 aliphatic heterocycles. The number of hydrogen-bond donors (Lipinski definition) is 2. The number of rotatable bonds is 7. The molecule has 3 rings (SSSR count). The third-order valence-corrected chi connectivity index (χ3v) is 4.52. The van der Waals surface area contributed by atoms with Crippen LogP contribution in [0.15, 0.2) is 35.6 Å². The van der Waals surface area contributed by atoms with Crippen molar-refractivity contribution in [1.29, 1.82) is 0 Å². The fourth-order valence-corrected chi connectivity index (χ4v) is 3.25. The topological polar surface area (TPSA) is 58.0 Å². The van der Waals surface area contributed by atoms with Gasteiger partial charge in [-0.15, -0.1) is 11.8 Å². The van der Waals surface area contributed by atoms with E-state index >= 15 is 0 Å². The average molecular weight is 289 g/mol. The van der Waals surface area contributed by atoms with Gasteiger partial charge in [-0.05, 0) is 25.3 Å². The van der Waals surface area contributed by atoms with Crippen molar-refractivity contribution in [2.45, 2.75) is 36.4 Å². The summed E-state index contributed by atoms with van der Waals surface area (Å²) in [6.07, 6.45) is 5.08. The molecule has 106 valence electrons. The summed E-state index contributed by atoms with van der Waals surface area (Å²) in [5.74, 6) is 0.950. The molecule has 5 heteroatoms. The normalized spacial score (nSPS) is 16.4. The second-order valence-electron chi connectivity index (χ2n) is 5.15. The maximum atomic E-state index is 9.37. The largest absolute Gasteiger partial charge is 0.395 e. The molecule has 1 fully saturated rings. The van der Waals surface area contributed by atoms with Crippen molar-refractivity contribution in [3.05, 3.63) is 30.6 Å². The molecule has 4 nitrogen and oxygen atoms in total. The summed E-state index contributed by atoms with van der Waals surface area (Å²) in [6, 6.07) is 8.92. The molecule has 0 radical (unpaired) electrons. The van der Waals surface area contributed by atoms with Gasteiger partial charge in [0.05, 0.1) is 12.1 Å². The molecule has 1 aliphatic rings. The SMILES string of the molecule is OCC(CCSc1ncnc2ccccc12)NC1CC1. The van der Waals surface area contributed by atoms with Crippen molar-refractivity contribution in [3.8, 4) is 0 Å². The summed E-state index contributed by atoms with van der Waals surface area (Å²) >= 11 is 1.74. The smallest absolute Gasteiger partial charge is 0.117 e. The van der Waals surface area contributed by atoms with Crippen molar-refractivity contribution >= 4 is 22.7 Å². The minimum Gasteiger partial charge on any atom is -0.395 e. The first-order valence-corrected chi connectivity index (χ1v) is 8.05. The predicted molar refractivity (Wildman–Crippen MR) is 81.9 cm³/mol. The number of nitrogens with zero attached hydrogens (tertiary/aromatic N) is 2. The lowest BCUT2D eigenvalue weighted by atomic mass is 10.2. The second-order valence-corrected chi connectivity index (χ2v) is 6.24. The molecule has 1 atom stereocenters. The van der Waals surface area contributed by atoms with Gasteiger partial charge in [0, 0.05) is 23.2 Å². The number of aromatic nitrogens is 2. The third kappa shape index (κ3) is 3.48. The molecule has 20 heavy (non-hydrogen) atoms. The van der Waals surface area contributed by atoms with Crippen molar-refractivity contribution < 1.29 is 5.11 Å². The zero-order valence-electron chi connectivity index (χ0n) is 11.3. The Morgan fingerprint density at radius 3 is 2.95 bits per heavy atom. The molecule has 0 saturated heterocycles. The van der Waals surface area contributed by atoms with E-state index in [4.69, 9.17) is 0 Å². The lowest BCUT2D eigenvalue weighted by Gasteiger charge is -2.15. The lowest BCUT2D eigenvalue weighted by Crippen LogP contribution is -2.34. The van der Waals surface area contributed by atoms with Gasteiger partial charge >= 0.3 is 0 Å². The fourth-order valence-electron chi connectivity index (χ4n) is 2.20. The third-order valence-electron chi connectivity index (χ3n) is 3.48. The molecule has 1 unspecified atom stereocenters. The molecule has 0 bridgehead atoms. The Balaban J connectivity index is 1.58. The van der Waals surface area contributed by atoms with Crippen LogP contribution >= 0.6 is 11.8 Å². The van der Waals surface area contributed by atoms with Crippen LogP contribution in [0.3, 0.4) is 0 Å². The van der Waals surface area contributed by atoms with Gasteiger partial charge in [0.25, 0.3) is 0 Å². The van der Waals surface area contributed by atoms with Crippen LogP contribution in [0.5, 0.6) is 0 Å². The first-order chi connectivity index (χ1) is 9.86. The van der Waals surface area contributed by atoms with Gasteiger partial charge in [-0.1, -0.05) is 18.2 Å². The van der Waals surface area contributed by atoms with Crippen LogP contribution in [-0.4, -0.2) is 39.5 Å². The van der Waals surface area contributed by atoms with Crippen LogP contribution < -0.4 is 5.32 Å². The van der Waals surface area contributed by atoms with Gasteiger partial charge in [0.2, 0.25) is 0 Å². The number of thioether (sulfide) groups is 1. The van der Waals surface area contributed by atoms with Gasteiger partial charge in [0.15, 0.2) is 0 Å². The summed E-state index contributed by atoms with van der Waals surface area (Å²) in [6.45, 7) is 0.210. The number of nitrogens with one attached hydrogen (secondary N) is 1. The summed E-state index contributed by atoms with van der Waals surface area (Å²) in [4.78, 5) is 8.64. The van der Waals surface area contributed by atoms with Crippen molar-refractivity contribution in [3.63, 3.8) is 0 Å². The van der Waals surface area contributed by atoms with E-state index in [1.165, 1.54) is 12.8 Å². The van der Waals surface area contributed by atoms with E-state index in [0.717, 1.165) is 28.1 Å². The molecule has 0 spiro atoms. The molecular formula is C15H19N3OS. The van der Waals surface area contributed by atoms with Crippen molar-refractivity contribution in [2.24, 2.45) is 0 Å². The molecule has 1 saturated carbocycles. The van der Waals surface area contributed by atoms with E-state index in [0.29, 0.717) is 6.04 Å². The van der Waals surface area contributed by atoms with Crippen LogP contribution in [0, 0.1) is 0 Å². The Morgan fingerprint density at radius 1 is 1.30 bits per heavy atom. The van der Waals surface area contributed by atoms with E-state index in [1.54, 1.807) is 18.1 Å². The second kappa shape index (κ2) is 6.52. The molecule has 1 aliphatic carbocycles. The number of aliphatic hydroxyl groups excluding tert-OH is 1. The summed E-state index contributed by atoms with van der Waals surface area (Å²) in [5.41, 5.74) is 0.986. The molecule has 2 N–H and O–H groups in total. The van der Waals surface area contributed by atoms with Gasteiger partial charge in [-0.25, -0.2) is 9.97 Å². The monoisotopic (exact) mass is 289 g/mol. The number of benzene rings is 1. The zero-order chi connectivity index (χ0) is 13.8. The predicted octanol–water partition coefficient (Wildman–Crippen LogP) is 2.22. The van der Waals surface area contributed by atoms with E-state index in [2.05, 4.69) is 21.4 Å². The highest BCUT2D eigenvalue weighted by atomic mass is 32.2.